The number of carbonyl (C=O) groups is 1. The van der Waals surface area contributed by atoms with Crippen molar-refractivity contribution < 1.29 is 23.4 Å². The number of rotatable bonds is 7. The number of aryl methyl sites for hydroxylation is 1. The summed E-state index contributed by atoms with van der Waals surface area (Å²) in [5.41, 5.74) is 0.857. The molecule has 23 heavy (non-hydrogen) atoms. The fourth-order valence-electron chi connectivity index (χ4n) is 1.76. The van der Waals surface area contributed by atoms with Crippen molar-refractivity contribution in [2.75, 3.05) is 19.8 Å². The second kappa shape index (κ2) is 8.39. The number of benzene rings is 2. The first-order valence-electron chi connectivity index (χ1n) is 6.98. The molecule has 0 saturated heterocycles. The van der Waals surface area contributed by atoms with Crippen LogP contribution in [0.15, 0.2) is 42.5 Å². The smallest absolute Gasteiger partial charge is 0.344 e. The number of hydrogen-bond acceptors (Lipinski definition) is 4. The second-order valence-corrected chi connectivity index (χ2v) is 5.11. The van der Waals surface area contributed by atoms with Gasteiger partial charge in [0.1, 0.15) is 19.0 Å². The Morgan fingerprint density at radius 3 is 2.65 bits per heavy atom. The Kier molecular flexibility index (Phi) is 6.23. The van der Waals surface area contributed by atoms with Gasteiger partial charge in [0.15, 0.2) is 18.2 Å². The molecule has 0 spiro atoms. The van der Waals surface area contributed by atoms with Crippen LogP contribution in [0.4, 0.5) is 4.39 Å². The van der Waals surface area contributed by atoms with Crippen LogP contribution in [-0.4, -0.2) is 25.8 Å². The van der Waals surface area contributed by atoms with Gasteiger partial charge in [0.2, 0.25) is 0 Å². The van der Waals surface area contributed by atoms with E-state index >= 15 is 0 Å². The lowest BCUT2D eigenvalue weighted by Gasteiger charge is -2.09. The molecule has 0 atom stereocenters. The number of hydrogen-bond donors (Lipinski definition) is 0. The zero-order chi connectivity index (χ0) is 16.7. The Morgan fingerprint density at radius 1 is 1.13 bits per heavy atom. The predicted octanol–water partition coefficient (Wildman–Crippen LogP) is 3.79. The average molecular weight is 339 g/mol. The highest BCUT2D eigenvalue weighted by atomic mass is 35.5. The third-order valence-electron chi connectivity index (χ3n) is 2.93. The van der Waals surface area contributed by atoms with Crippen LogP contribution in [-0.2, 0) is 9.53 Å². The normalized spacial score (nSPS) is 10.2. The lowest BCUT2D eigenvalue weighted by atomic mass is 10.2. The molecule has 122 valence electrons. The van der Waals surface area contributed by atoms with Gasteiger partial charge in [-0.3, -0.25) is 0 Å². The van der Waals surface area contributed by atoms with Crippen molar-refractivity contribution >= 4 is 17.6 Å². The highest BCUT2D eigenvalue weighted by Gasteiger charge is 2.06. The zero-order valence-electron chi connectivity index (χ0n) is 12.6. The maximum atomic E-state index is 13.3. The van der Waals surface area contributed by atoms with Crippen molar-refractivity contribution in [1.82, 2.24) is 0 Å². The summed E-state index contributed by atoms with van der Waals surface area (Å²) in [5.74, 6) is -0.335. The highest BCUT2D eigenvalue weighted by Crippen LogP contribution is 2.21. The van der Waals surface area contributed by atoms with E-state index in [2.05, 4.69) is 0 Å². The summed E-state index contributed by atoms with van der Waals surface area (Å²) in [7, 11) is 0. The Morgan fingerprint density at radius 2 is 1.91 bits per heavy atom. The van der Waals surface area contributed by atoms with Gasteiger partial charge in [0.05, 0.1) is 0 Å². The minimum absolute atomic E-state index is 0.0101. The molecule has 0 aliphatic carbocycles. The van der Waals surface area contributed by atoms with Crippen LogP contribution in [0.3, 0.4) is 0 Å². The van der Waals surface area contributed by atoms with Crippen LogP contribution in [0.5, 0.6) is 11.5 Å². The monoisotopic (exact) mass is 338 g/mol. The average Bonchev–Trinajstić information content (AvgIpc) is 2.54. The van der Waals surface area contributed by atoms with Crippen LogP contribution in [0.2, 0.25) is 5.02 Å². The van der Waals surface area contributed by atoms with Crippen molar-refractivity contribution in [3.63, 3.8) is 0 Å². The molecule has 4 nitrogen and oxygen atoms in total. The first-order chi connectivity index (χ1) is 11.1. The van der Waals surface area contributed by atoms with Gasteiger partial charge in [-0.25, -0.2) is 9.18 Å². The molecule has 0 aliphatic rings. The number of halogens is 2. The van der Waals surface area contributed by atoms with Crippen LogP contribution < -0.4 is 9.47 Å². The van der Waals surface area contributed by atoms with E-state index in [4.69, 9.17) is 25.8 Å². The number of para-hydroxylation sites is 1. The first kappa shape index (κ1) is 17.1. The number of carbonyl (C=O) groups excluding carboxylic acids is 1. The summed E-state index contributed by atoms with van der Waals surface area (Å²) in [5, 5.41) is 0.630. The van der Waals surface area contributed by atoms with Crippen LogP contribution in [0.1, 0.15) is 5.56 Å². The van der Waals surface area contributed by atoms with Gasteiger partial charge in [0.25, 0.3) is 0 Å². The molecule has 0 aliphatic heterocycles. The molecule has 0 bridgehead atoms. The summed E-state index contributed by atoms with van der Waals surface area (Å²) in [6.45, 7) is 1.69. The summed E-state index contributed by atoms with van der Waals surface area (Å²) in [4.78, 5) is 11.5. The van der Waals surface area contributed by atoms with Crippen molar-refractivity contribution in [2.24, 2.45) is 0 Å². The fourth-order valence-corrected chi connectivity index (χ4v) is 1.88. The maximum absolute atomic E-state index is 13.3. The van der Waals surface area contributed by atoms with Gasteiger partial charge in [-0.05, 0) is 42.8 Å². The van der Waals surface area contributed by atoms with Gasteiger partial charge in [0, 0.05) is 5.02 Å². The summed E-state index contributed by atoms with van der Waals surface area (Å²) in [6.07, 6.45) is 0. The van der Waals surface area contributed by atoms with Gasteiger partial charge in [-0.2, -0.15) is 0 Å². The molecular weight excluding hydrogens is 323 g/mol. The molecule has 2 aromatic rings. The van der Waals surface area contributed by atoms with E-state index in [1.807, 2.05) is 6.92 Å². The molecule has 6 heteroatoms. The molecule has 0 amide bonds. The zero-order valence-corrected chi connectivity index (χ0v) is 13.3. The molecule has 0 unspecified atom stereocenters. The topological polar surface area (TPSA) is 44.8 Å². The Hall–Kier alpha value is -2.27. The molecule has 0 aromatic heterocycles. The molecule has 2 rings (SSSR count). The Balaban J connectivity index is 1.67. The highest BCUT2D eigenvalue weighted by molar-refractivity contribution is 6.31. The first-order valence-corrected chi connectivity index (χ1v) is 7.36. The van der Waals surface area contributed by atoms with E-state index < -0.39 is 11.8 Å². The fraction of sp³-hybridized carbons (Fsp3) is 0.235. The van der Waals surface area contributed by atoms with Crippen molar-refractivity contribution in [1.29, 1.82) is 0 Å². The van der Waals surface area contributed by atoms with Crippen molar-refractivity contribution in [3.05, 3.63) is 58.9 Å². The second-order valence-electron chi connectivity index (χ2n) is 4.70. The van der Waals surface area contributed by atoms with E-state index in [-0.39, 0.29) is 25.6 Å². The van der Waals surface area contributed by atoms with E-state index in [1.165, 1.54) is 12.1 Å². The molecule has 0 radical (unpaired) electrons. The molecule has 0 heterocycles. The lowest BCUT2D eigenvalue weighted by molar-refractivity contribution is -0.146. The lowest BCUT2D eigenvalue weighted by Crippen LogP contribution is -2.18. The van der Waals surface area contributed by atoms with E-state index in [0.717, 1.165) is 5.56 Å². The van der Waals surface area contributed by atoms with E-state index in [1.54, 1.807) is 30.3 Å². The standard InChI is InChI=1S/C17H16ClFO4/c1-12-10-13(6-7-14(12)18)23-11-17(20)22-9-8-21-16-5-3-2-4-15(16)19/h2-7,10H,8-9,11H2,1H3. The van der Waals surface area contributed by atoms with Crippen LogP contribution >= 0.6 is 11.6 Å². The van der Waals surface area contributed by atoms with Gasteiger partial charge >= 0.3 is 5.97 Å². The van der Waals surface area contributed by atoms with Crippen LogP contribution in [0.25, 0.3) is 0 Å². The summed E-state index contributed by atoms with van der Waals surface area (Å²) >= 11 is 5.90. The third-order valence-corrected chi connectivity index (χ3v) is 3.35. The molecular formula is C17H16ClFO4. The molecule has 0 fully saturated rings. The Bertz CT molecular complexity index is 675. The van der Waals surface area contributed by atoms with Gasteiger partial charge in [-0.15, -0.1) is 0 Å². The van der Waals surface area contributed by atoms with Gasteiger partial charge in [-0.1, -0.05) is 23.7 Å². The molecule has 0 N–H and O–H groups in total. The minimum atomic E-state index is -0.533. The predicted molar refractivity (Wildman–Crippen MR) is 84.5 cm³/mol. The van der Waals surface area contributed by atoms with E-state index in [0.29, 0.717) is 10.8 Å². The van der Waals surface area contributed by atoms with Crippen molar-refractivity contribution in [2.45, 2.75) is 6.92 Å². The summed E-state index contributed by atoms with van der Waals surface area (Å²) < 4.78 is 28.7. The SMILES string of the molecule is Cc1cc(OCC(=O)OCCOc2ccccc2F)ccc1Cl. The van der Waals surface area contributed by atoms with E-state index in [9.17, 15) is 9.18 Å². The quantitative estimate of drug-likeness (QED) is 0.569. The van der Waals surface area contributed by atoms with Crippen LogP contribution in [0, 0.1) is 12.7 Å². The Labute approximate surface area is 138 Å². The largest absolute Gasteiger partial charge is 0.487 e. The third kappa shape index (κ3) is 5.45. The summed E-state index contributed by atoms with van der Waals surface area (Å²) in [6, 6.07) is 11.1. The molecule has 0 saturated carbocycles. The minimum Gasteiger partial charge on any atom is -0.487 e. The van der Waals surface area contributed by atoms with Crippen molar-refractivity contribution in [3.8, 4) is 11.5 Å². The number of esters is 1. The van der Waals surface area contributed by atoms with Gasteiger partial charge < -0.3 is 14.2 Å². The number of ether oxygens (including phenoxy) is 3. The molecule has 2 aromatic carbocycles. The maximum Gasteiger partial charge on any atom is 0.344 e.